The van der Waals surface area contributed by atoms with E-state index >= 15 is 0 Å². The van der Waals surface area contributed by atoms with Crippen molar-refractivity contribution in [3.05, 3.63) is 21.9 Å². The van der Waals surface area contributed by atoms with Gasteiger partial charge in [0.25, 0.3) is 0 Å². The molecule has 0 saturated carbocycles. The van der Waals surface area contributed by atoms with Crippen LogP contribution in [0.3, 0.4) is 0 Å². The number of carbonyl (C=O) groups is 1. The lowest BCUT2D eigenvalue weighted by Gasteiger charge is -2.14. The summed E-state index contributed by atoms with van der Waals surface area (Å²) >= 11 is 2.96. The molecule has 0 heterocycles. The Kier molecular flexibility index (Phi) is 3.74. The molecular weight excluding hydrogens is 283 g/mol. The molecule has 4 nitrogen and oxygen atoms in total. The van der Waals surface area contributed by atoms with E-state index in [4.69, 9.17) is 9.84 Å². The zero-order valence-electron chi connectivity index (χ0n) is 8.62. The van der Waals surface area contributed by atoms with Crippen molar-refractivity contribution in [2.75, 3.05) is 7.11 Å². The first-order chi connectivity index (χ1) is 7.40. The number of halogens is 2. The lowest BCUT2D eigenvalue weighted by Crippen LogP contribution is -2.10. The quantitative estimate of drug-likeness (QED) is 0.898. The van der Waals surface area contributed by atoms with E-state index in [1.165, 1.54) is 14.0 Å². The van der Waals surface area contributed by atoms with E-state index < -0.39 is 17.7 Å². The number of methoxy groups -OCH3 is 1. The number of carboxylic acids is 1. The summed E-state index contributed by atoms with van der Waals surface area (Å²) in [6, 6.07) is 0.953. The first-order valence-electron chi connectivity index (χ1n) is 4.37. The monoisotopic (exact) mass is 292 g/mol. The molecule has 88 valence electrons. The van der Waals surface area contributed by atoms with Gasteiger partial charge in [-0.2, -0.15) is 0 Å². The number of phenols is 1. The average molecular weight is 293 g/mol. The van der Waals surface area contributed by atoms with Gasteiger partial charge in [-0.1, -0.05) is 0 Å². The standard InChI is InChI=1S/C10H10BrFO4/c1-4(10(14)15)7-5(12)3-6(16-2)9(13)8(7)11/h3-4,13H,1-2H3,(H,14,15). The average Bonchev–Trinajstić information content (AvgIpc) is 2.23. The van der Waals surface area contributed by atoms with Crippen LogP contribution in [0.2, 0.25) is 0 Å². The van der Waals surface area contributed by atoms with Crippen LogP contribution in [0.5, 0.6) is 11.5 Å². The van der Waals surface area contributed by atoms with E-state index in [1.807, 2.05) is 0 Å². The zero-order chi connectivity index (χ0) is 12.5. The minimum atomic E-state index is -1.18. The van der Waals surface area contributed by atoms with Crippen LogP contribution in [0.15, 0.2) is 10.5 Å². The van der Waals surface area contributed by atoms with Crippen molar-refractivity contribution in [3.63, 3.8) is 0 Å². The first kappa shape index (κ1) is 12.8. The second-order valence-corrected chi connectivity index (χ2v) is 3.99. The molecule has 0 saturated heterocycles. The number of phenolic OH excluding ortho intramolecular Hbond substituents is 1. The number of rotatable bonds is 3. The normalized spacial score (nSPS) is 12.2. The molecule has 1 atom stereocenters. The van der Waals surface area contributed by atoms with Crippen LogP contribution in [0.4, 0.5) is 4.39 Å². The van der Waals surface area contributed by atoms with Gasteiger partial charge in [-0.25, -0.2) is 4.39 Å². The fourth-order valence-electron chi connectivity index (χ4n) is 1.28. The van der Waals surface area contributed by atoms with Crippen molar-refractivity contribution < 1.29 is 24.1 Å². The third kappa shape index (κ3) is 2.11. The molecule has 0 aromatic heterocycles. The highest BCUT2D eigenvalue weighted by Crippen LogP contribution is 2.41. The van der Waals surface area contributed by atoms with Gasteiger partial charge in [0.2, 0.25) is 0 Å². The van der Waals surface area contributed by atoms with Gasteiger partial charge >= 0.3 is 5.97 Å². The largest absolute Gasteiger partial charge is 0.503 e. The highest BCUT2D eigenvalue weighted by Gasteiger charge is 2.25. The molecule has 6 heteroatoms. The predicted octanol–water partition coefficient (Wildman–Crippen LogP) is 2.49. The van der Waals surface area contributed by atoms with Gasteiger partial charge in [0.15, 0.2) is 11.5 Å². The van der Waals surface area contributed by atoms with Gasteiger partial charge in [-0.3, -0.25) is 4.79 Å². The van der Waals surface area contributed by atoms with Gasteiger partial charge < -0.3 is 14.9 Å². The van der Waals surface area contributed by atoms with E-state index in [0.29, 0.717) is 0 Å². The SMILES string of the molecule is COc1cc(F)c(C(C)C(=O)O)c(Br)c1O. The van der Waals surface area contributed by atoms with Gasteiger partial charge in [0.1, 0.15) is 5.82 Å². The molecule has 1 aromatic rings. The van der Waals surface area contributed by atoms with Crippen LogP contribution in [0.25, 0.3) is 0 Å². The summed E-state index contributed by atoms with van der Waals surface area (Å²) in [7, 11) is 1.28. The van der Waals surface area contributed by atoms with Crippen molar-refractivity contribution in [3.8, 4) is 11.5 Å². The van der Waals surface area contributed by atoms with Crippen LogP contribution in [-0.2, 0) is 4.79 Å². The van der Waals surface area contributed by atoms with Gasteiger partial charge in [0, 0.05) is 11.6 Å². The zero-order valence-corrected chi connectivity index (χ0v) is 10.2. The summed E-state index contributed by atoms with van der Waals surface area (Å²) in [4.78, 5) is 10.8. The van der Waals surface area contributed by atoms with Gasteiger partial charge in [-0.05, 0) is 22.9 Å². The molecule has 0 bridgehead atoms. The van der Waals surface area contributed by atoms with E-state index in [0.717, 1.165) is 6.07 Å². The summed E-state index contributed by atoms with van der Waals surface area (Å²) in [6.07, 6.45) is 0. The van der Waals surface area contributed by atoms with Crippen LogP contribution in [0, 0.1) is 5.82 Å². The number of ether oxygens (including phenoxy) is 1. The molecule has 0 aliphatic rings. The predicted molar refractivity (Wildman–Crippen MR) is 58.4 cm³/mol. The lowest BCUT2D eigenvalue weighted by molar-refractivity contribution is -0.138. The van der Waals surface area contributed by atoms with Crippen molar-refractivity contribution in [1.82, 2.24) is 0 Å². The molecular formula is C10H10BrFO4. The summed E-state index contributed by atoms with van der Waals surface area (Å²) < 4.78 is 18.3. The lowest BCUT2D eigenvalue weighted by atomic mass is 10.00. The molecule has 0 aliphatic heterocycles. The van der Waals surface area contributed by atoms with Crippen molar-refractivity contribution in [2.45, 2.75) is 12.8 Å². The summed E-state index contributed by atoms with van der Waals surface area (Å²) in [5.41, 5.74) is -0.106. The Bertz CT molecular complexity index is 433. The molecule has 1 unspecified atom stereocenters. The van der Waals surface area contributed by atoms with Crippen LogP contribution >= 0.6 is 15.9 Å². The first-order valence-corrected chi connectivity index (χ1v) is 5.17. The smallest absolute Gasteiger partial charge is 0.310 e. The summed E-state index contributed by atoms with van der Waals surface area (Å²) in [6.45, 7) is 1.33. The van der Waals surface area contributed by atoms with Crippen molar-refractivity contribution in [1.29, 1.82) is 0 Å². The second kappa shape index (κ2) is 4.69. The van der Waals surface area contributed by atoms with Gasteiger partial charge in [-0.15, -0.1) is 0 Å². The molecule has 16 heavy (non-hydrogen) atoms. The third-order valence-corrected chi connectivity index (χ3v) is 3.02. The van der Waals surface area contributed by atoms with Crippen LogP contribution < -0.4 is 4.74 Å². The number of aromatic hydroxyl groups is 1. The Hall–Kier alpha value is -1.30. The number of carboxylic acid groups (broad SMARTS) is 1. The van der Waals surface area contributed by atoms with Gasteiger partial charge in [0.05, 0.1) is 17.5 Å². The number of hydrogen-bond donors (Lipinski definition) is 2. The maximum atomic E-state index is 13.6. The Morgan fingerprint density at radius 2 is 2.19 bits per heavy atom. The maximum Gasteiger partial charge on any atom is 0.310 e. The number of aliphatic carboxylic acids is 1. The van der Waals surface area contributed by atoms with E-state index in [1.54, 1.807) is 0 Å². The fourth-order valence-corrected chi connectivity index (χ4v) is 2.01. The minimum Gasteiger partial charge on any atom is -0.503 e. The molecule has 0 fully saturated rings. The van der Waals surface area contributed by atoms with Crippen LogP contribution in [-0.4, -0.2) is 23.3 Å². The Balaban J connectivity index is 3.41. The Morgan fingerprint density at radius 1 is 1.62 bits per heavy atom. The van der Waals surface area contributed by atoms with E-state index in [-0.39, 0.29) is 21.5 Å². The van der Waals surface area contributed by atoms with E-state index in [2.05, 4.69) is 15.9 Å². The third-order valence-electron chi connectivity index (χ3n) is 2.22. The van der Waals surface area contributed by atoms with Crippen molar-refractivity contribution >= 4 is 21.9 Å². The Labute approximate surface area is 99.8 Å². The fraction of sp³-hybridized carbons (Fsp3) is 0.300. The molecule has 0 spiro atoms. The molecule has 0 amide bonds. The molecule has 0 radical (unpaired) electrons. The summed E-state index contributed by atoms with van der Waals surface area (Å²) in [5, 5.41) is 18.4. The highest BCUT2D eigenvalue weighted by molar-refractivity contribution is 9.10. The second-order valence-electron chi connectivity index (χ2n) is 3.20. The number of benzene rings is 1. The maximum absolute atomic E-state index is 13.6. The highest BCUT2D eigenvalue weighted by atomic mass is 79.9. The summed E-state index contributed by atoms with van der Waals surface area (Å²) in [5.74, 6) is -3.34. The topological polar surface area (TPSA) is 66.8 Å². The number of hydrogen-bond acceptors (Lipinski definition) is 3. The molecule has 0 aliphatic carbocycles. The molecule has 1 rings (SSSR count). The van der Waals surface area contributed by atoms with Crippen molar-refractivity contribution in [2.24, 2.45) is 0 Å². The Morgan fingerprint density at radius 3 is 2.62 bits per heavy atom. The van der Waals surface area contributed by atoms with Crippen LogP contribution in [0.1, 0.15) is 18.4 Å². The molecule has 1 aromatic carbocycles. The van der Waals surface area contributed by atoms with E-state index in [9.17, 15) is 14.3 Å². The minimum absolute atomic E-state index is 0.000694. The molecule has 2 N–H and O–H groups in total.